The van der Waals surface area contributed by atoms with Crippen molar-refractivity contribution < 1.29 is 19.9 Å². The molecule has 4 rings (SSSR count). The molecule has 0 radical (unpaired) electrons. The van der Waals surface area contributed by atoms with Gasteiger partial charge in [-0.2, -0.15) is 0 Å². The van der Waals surface area contributed by atoms with Gasteiger partial charge in [0.05, 0.1) is 5.56 Å². The van der Waals surface area contributed by atoms with E-state index in [-0.39, 0.29) is 11.5 Å². The summed E-state index contributed by atoms with van der Waals surface area (Å²) in [6.07, 6.45) is 5.27. The van der Waals surface area contributed by atoms with Gasteiger partial charge in [-0.05, 0) is 41.5 Å². The van der Waals surface area contributed by atoms with Crippen LogP contribution in [0.25, 0.3) is 10.4 Å². The Morgan fingerprint density at radius 1 is 0.903 bits per heavy atom. The zero-order valence-corrected chi connectivity index (χ0v) is 17.9. The van der Waals surface area contributed by atoms with Crippen LogP contribution < -0.4 is 0 Å². The predicted octanol–water partition coefficient (Wildman–Crippen LogP) is 6.39. The quantitative estimate of drug-likeness (QED) is 0.203. The molecule has 0 aliphatic heterocycles. The van der Waals surface area contributed by atoms with Crippen molar-refractivity contribution in [2.24, 2.45) is 11.1 Å². The SMILES string of the molecule is O=C(C(CC1CCCC1)=NO)c1ccc(-c2cccs2)cc1.O=C(O)c1ccccc1. The summed E-state index contributed by atoms with van der Waals surface area (Å²) in [5, 5.41) is 22.9. The molecule has 0 unspecified atom stereocenters. The zero-order chi connectivity index (χ0) is 22.1. The van der Waals surface area contributed by atoms with Crippen LogP contribution >= 0.6 is 11.3 Å². The number of rotatable bonds is 6. The molecule has 6 heteroatoms. The average Bonchev–Trinajstić information content (AvgIpc) is 3.53. The number of hydrogen-bond acceptors (Lipinski definition) is 5. The van der Waals surface area contributed by atoms with Crippen molar-refractivity contribution in [3.8, 4) is 10.4 Å². The normalized spacial score (nSPS) is 14.0. The summed E-state index contributed by atoms with van der Waals surface area (Å²) in [5.74, 6) is -0.553. The molecule has 0 atom stereocenters. The third-order valence-electron chi connectivity index (χ3n) is 5.31. The smallest absolute Gasteiger partial charge is 0.335 e. The maximum absolute atomic E-state index is 12.5. The maximum Gasteiger partial charge on any atom is 0.335 e. The van der Waals surface area contributed by atoms with Crippen molar-refractivity contribution in [3.05, 3.63) is 83.2 Å². The van der Waals surface area contributed by atoms with Gasteiger partial charge < -0.3 is 10.3 Å². The minimum atomic E-state index is -0.879. The van der Waals surface area contributed by atoms with Crippen molar-refractivity contribution in [3.63, 3.8) is 0 Å². The van der Waals surface area contributed by atoms with Gasteiger partial charge in [0.15, 0.2) is 0 Å². The van der Waals surface area contributed by atoms with E-state index in [4.69, 9.17) is 5.11 Å². The highest BCUT2D eigenvalue weighted by Crippen LogP contribution is 2.29. The standard InChI is InChI=1S/C18H19NO2S.C7H6O2/c20-18(16(19-21)12-13-4-1-2-5-13)15-9-7-14(8-10-15)17-6-3-11-22-17;8-7(9)6-4-2-1-3-5-6/h3,6-11,13,21H,1-2,4-5,12H2;1-5H,(H,8,9). The van der Waals surface area contributed by atoms with E-state index < -0.39 is 5.97 Å². The number of carbonyl (C=O) groups excluding carboxylic acids is 1. The number of carboxylic acid groups (broad SMARTS) is 1. The highest BCUT2D eigenvalue weighted by Gasteiger charge is 2.22. The van der Waals surface area contributed by atoms with Crippen LogP contribution in [0.4, 0.5) is 0 Å². The summed E-state index contributed by atoms with van der Waals surface area (Å²) in [4.78, 5) is 23.9. The molecule has 1 heterocycles. The number of thiophene rings is 1. The second-order valence-electron chi connectivity index (χ2n) is 7.46. The van der Waals surface area contributed by atoms with Crippen LogP contribution in [-0.4, -0.2) is 27.8 Å². The molecule has 2 N–H and O–H groups in total. The number of hydrogen-bond donors (Lipinski definition) is 2. The number of aromatic carboxylic acids is 1. The van der Waals surface area contributed by atoms with E-state index in [1.807, 2.05) is 35.7 Å². The molecular weight excluding hydrogens is 410 g/mol. The Balaban J connectivity index is 0.000000254. The molecule has 31 heavy (non-hydrogen) atoms. The lowest BCUT2D eigenvalue weighted by Crippen LogP contribution is -2.17. The first-order valence-electron chi connectivity index (χ1n) is 10.3. The van der Waals surface area contributed by atoms with E-state index in [2.05, 4.69) is 11.2 Å². The minimum absolute atomic E-state index is 0.160. The van der Waals surface area contributed by atoms with Gasteiger partial charge in [-0.25, -0.2) is 4.79 Å². The van der Waals surface area contributed by atoms with E-state index in [0.29, 0.717) is 23.5 Å². The molecule has 5 nitrogen and oxygen atoms in total. The van der Waals surface area contributed by atoms with E-state index in [1.54, 1.807) is 41.7 Å². The average molecular weight is 436 g/mol. The van der Waals surface area contributed by atoms with Crippen molar-refractivity contribution >= 4 is 28.8 Å². The molecule has 2 aromatic carbocycles. The largest absolute Gasteiger partial charge is 0.478 e. The van der Waals surface area contributed by atoms with Gasteiger partial charge in [-0.3, -0.25) is 4.79 Å². The molecule has 0 saturated heterocycles. The summed E-state index contributed by atoms with van der Waals surface area (Å²) >= 11 is 1.67. The summed E-state index contributed by atoms with van der Waals surface area (Å²) < 4.78 is 0. The fraction of sp³-hybridized carbons (Fsp3) is 0.240. The summed E-state index contributed by atoms with van der Waals surface area (Å²) in [5.41, 5.74) is 2.31. The number of carbonyl (C=O) groups is 2. The van der Waals surface area contributed by atoms with Gasteiger partial charge >= 0.3 is 5.97 Å². The lowest BCUT2D eigenvalue weighted by molar-refractivity contribution is 0.0696. The number of carboxylic acids is 1. The molecule has 3 aromatic rings. The third-order valence-corrected chi connectivity index (χ3v) is 6.23. The second kappa shape index (κ2) is 11.2. The molecule has 1 aromatic heterocycles. The van der Waals surface area contributed by atoms with Crippen LogP contribution in [0.2, 0.25) is 0 Å². The number of nitrogens with zero attached hydrogens (tertiary/aromatic N) is 1. The highest BCUT2D eigenvalue weighted by atomic mass is 32.1. The van der Waals surface area contributed by atoms with Crippen LogP contribution in [-0.2, 0) is 0 Å². The lowest BCUT2D eigenvalue weighted by atomic mass is 9.95. The number of oxime groups is 1. The molecule has 0 bridgehead atoms. The first-order valence-corrected chi connectivity index (χ1v) is 11.1. The van der Waals surface area contributed by atoms with Crippen LogP contribution in [0.1, 0.15) is 52.8 Å². The topological polar surface area (TPSA) is 87.0 Å². The second-order valence-corrected chi connectivity index (χ2v) is 8.40. The molecule has 0 amide bonds. The first kappa shape index (κ1) is 22.4. The van der Waals surface area contributed by atoms with Crippen LogP contribution in [0, 0.1) is 5.92 Å². The number of Topliss-reactive ketones (excluding diaryl/α,β-unsaturated/α-hetero) is 1. The third kappa shape index (κ3) is 6.36. The van der Waals surface area contributed by atoms with Crippen molar-refractivity contribution in [1.29, 1.82) is 0 Å². The van der Waals surface area contributed by atoms with Crippen molar-refractivity contribution in [2.45, 2.75) is 32.1 Å². The monoisotopic (exact) mass is 435 g/mol. The number of benzene rings is 2. The maximum atomic E-state index is 12.5. The van der Waals surface area contributed by atoms with Crippen LogP contribution in [0.3, 0.4) is 0 Å². The molecular formula is C25H25NO4S. The molecule has 1 aliphatic rings. The van der Waals surface area contributed by atoms with Crippen LogP contribution in [0.15, 0.2) is 77.3 Å². The van der Waals surface area contributed by atoms with Crippen LogP contribution in [0.5, 0.6) is 0 Å². The lowest BCUT2D eigenvalue weighted by Gasteiger charge is -2.09. The number of ketones is 1. The van der Waals surface area contributed by atoms with Crippen molar-refractivity contribution in [2.75, 3.05) is 0 Å². The van der Waals surface area contributed by atoms with E-state index >= 15 is 0 Å². The minimum Gasteiger partial charge on any atom is -0.478 e. The fourth-order valence-electron chi connectivity index (χ4n) is 3.64. The zero-order valence-electron chi connectivity index (χ0n) is 17.1. The van der Waals surface area contributed by atoms with E-state index in [0.717, 1.165) is 18.4 Å². The van der Waals surface area contributed by atoms with Gasteiger partial charge in [0.1, 0.15) is 5.71 Å². The van der Waals surface area contributed by atoms with Crippen molar-refractivity contribution in [1.82, 2.24) is 0 Å². The molecule has 0 spiro atoms. The fourth-order valence-corrected chi connectivity index (χ4v) is 4.38. The Kier molecular flexibility index (Phi) is 8.12. The Bertz CT molecular complexity index is 1010. The Labute approximate surface area is 185 Å². The Hall–Kier alpha value is -3.25. The Morgan fingerprint density at radius 2 is 1.58 bits per heavy atom. The molecule has 160 valence electrons. The molecule has 1 aliphatic carbocycles. The van der Waals surface area contributed by atoms with Gasteiger partial charge in [0.25, 0.3) is 0 Å². The molecule has 1 fully saturated rings. The Morgan fingerprint density at radius 3 is 2.10 bits per heavy atom. The van der Waals surface area contributed by atoms with E-state index in [1.165, 1.54) is 17.7 Å². The predicted molar refractivity (Wildman–Crippen MR) is 123 cm³/mol. The van der Waals surface area contributed by atoms with Gasteiger partial charge in [0.2, 0.25) is 5.78 Å². The van der Waals surface area contributed by atoms with Gasteiger partial charge in [-0.1, -0.05) is 79.4 Å². The summed E-state index contributed by atoms with van der Waals surface area (Å²) in [7, 11) is 0. The summed E-state index contributed by atoms with van der Waals surface area (Å²) in [6, 6.07) is 19.9. The van der Waals surface area contributed by atoms with Gasteiger partial charge in [0, 0.05) is 10.4 Å². The molecule has 1 saturated carbocycles. The van der Waals surface area contributed by atoms with Gasteiger partial charge in [-0.15, -0.1) is 11.3 Å². The highest BCUT2D eigenvalue weighted by molar-refractivity contribution is 7.13. The summed E-state index contributed by atoms with van der Waals surface area (Å²) in [6.45, 7) is 0. The first-order chi connectivity index (χ1) is 15.1. The van der Waals surface area contributed by atoms with E-state index in [9.17, 15) is 14.8 Å².